The molecule has 8 heteroatoms. The first kappa shape index (κ1) is 27.4. The van der Waals surface area contributed by atoms with Crippen molar-refractivity contribution >= 4 is 27.7 Å². The van der Waals surface area contributed by atoms with E-state index in [2.05, 4.69) is 21.2 Å². The molecule has 2 bridgehead atoms. The van der Waals surface area contributed by atoms with E-state index >= 15 is 0 Å². The van der Waals surface area contributed by atoms with Gasteiger partial charge in [-0.2, -0.15) is 0 Å². The van der Waals surface area contributed by atoms with Crippen LogP contribution in [0.25, 0.3) is 0 Å². The van der Waals surface area contributed by atoms with Crippen molar-refractivity contribution in [2.75, 3.05) is 26.3 Å². The fourth-order valence-electron chi connectivity index (χ4n) is 4.52. The third-order valence-corrected chi connectivity index (χ3v) is 7.12. The molecule has 2 aliphatic heterocycles. The Morgan fingerprint density at radius 1 is 1.16 bits per heavy atom. The molecule has 7 nitrogen and oxygen atoms in total. The summed E-state index contributed by atoms with van der Waals surface area (Å²) in [7, 11) is 0. The fourth-order valence-corrected chi connectivity index (χ4v) is 4.79. The Morgan fingerprint density at radius 3 is 2.76 bits per heavy atom. The highest BCUT2D eigenvalue weighted by atomic mass is 79.9. The van der Waals surface area contributed by atoms with Crippen LogP contribution in [-0.2, 0) is 20.9 Å². The first-order chi connectivity index (χ1) is 17.9. The van der Waals surface area contributed by atoms with Gasteiger partial charge in [-0.25, -0.2) is 0 Å². The standard InChI is InChI=1S/C29H35BrN2O5/c1-20(2)12-14-35-27-7-4-13-31-28(33)22-5-3-6-25(15-22)37-19-24-16-26(17-32(24)29(27)34)36-18-21-8-10-23(30)11-9-21/h3,5-6,8-12,15,24,26-27H,4,7,13-14,16-19H2,1-2H3,(H,31,33)/t24-,26-,27-/m0/s1. The number of ether oxygens (including phenoxy) is 3. The molecule has 0 aliphatic carbocycles. The number of nitrogens with one attached hydrogen (secondary N) is 1. The molecule has 1 saturated heterocycles. The number of halogens is 1. The van der Waals surface area contributed by atoms with Crippen LogP contribution in [0.15, 0.2) is 64.7 Å². The van der Waals surface area contributed by atoms with Crippen LogP contribution in [0.1, 0.15) is 49.0 Å². The lowest BCUT2D eigenvalue weighted by atomic mass is 10.1. The van der Waals surface area contributed by atoms with Crippen molar-refractivity contribution in [1.29, 1.82) is 0 Å². The number of amides is 2. The Hall–Kier alpha value is -2.68. The van der Waals surface area contributed by atoms with Gasteiger partial charge in [0.15, 0.2) is 0 Å². The molecular formula is C29H35BrN2O5. The number of fused-ring (bicyclic) bond motifs is 3. The van der Waals surface area contributed by atoms with E-state index in [0.29, 0.717) is 63.5 Å². The van der Waals surface area contributed by atoms with Gasteiger partial charge in [0.25, 0.3) is 11.8 Å². The van der Waals surface area contributed by atoms with Crippen molar-refractivity contribution in [3.05, 3.63) is 75.8 Å². The molecule has 2 amide bonds. The molecule has 1 N–H and O–H groups in total. The van der Waals surface area contributed by atoms with Crippen LogP contribution in [0.4, 0.5) is 0 Å². The van der Waals surface area contributed by atoms with Crippen molar-refractivity contribution in [2.45, 2.75) is 58.0 Å². The highest BCUT2D eigenvalue weighted by Crippen LogP contribution is 2.26. The van der Waals surface area contributed by atoms with Crippen LogP contribution in [0, 0.1) is 0 Å². The zero-order valence-corrected chi connectivity index (χ0v) is 23.0. The summed E-state index contributed by atoms with van der Waals surface area (Å²) in [6.07, 6.45) is 3.09. The van der Waals surface area contributed by atoms with Gasteiger partial charge in [-0.1, -0.05) is 45.8 Å². The quantitative estimate of drug-likeness (QED) is 0.500. The SMILES string of the molecule is CC(C)=CCO[C@H]1CCCNC(=O)c2cccc(c2)OC[C@@H]2C[C@H](OCc3ccc(Br)cc3)CN2C1=O. The van der Waals surface area contributed by atoms with E-state index in [1.807, 2.05) is 61.2 Å². The van der Waals surface area contributed by atoms with Crippen LogP contribution in [-0.4, -0.2) is 61.3 Å². The second-order valence-electron chi connectivity index (χ2n) is 9.78. The van der Waals surface area contributed by atoms with Gasteiger partial charge in [-0.3, -0.25) is 9.59 Å². The second kappa shape index (κ2) is 13.2. The van der Waals surface area contributed by atoms with Crippen molar-refractivity contribution in [3.63, 3.8) is 0 Å². The first-order valence-corrected chi connectivity index (χ1v) is 13.6. The van der Waals surface area contributed by atoms with Crippen LogP contribution in [0.5, 0.6) is 5.75 Å². The van der Waals surface area contributed by atoms with Gasteiger partial charge in [0, 0.05) is 23.1 Å². The normalized spacial score (nSPS) is 22.5. The third-order valence-electron chi connectivity index (χ3n) is 6.59. The number of carbonyl (C=O) groups excluding carboxylic acids is 2. The van der Waals surface area contributed by atoms with Gasteiger partial charge in [0.05, 0.1) is 25.4 Å². The van der Waals surface area contributed by atoms with Gasteiger partial charge < -0.3 is 24.4 Å². The highest BCUT2D eigenvalue weighted by molar-refractivity contribution is 9.10. The predicted octanol–water partition coefficient (Wildman–Crippen LogP) is 4.89. The maximum Gasteiger partial charge on any atom is 0.252 e. The molecule has 0 spiro atoms. The summed E-state index contributed by atoms with van der Waals surface area (Å²) in [4.78, 5) is 28.2. The lowest BCUT2D eigenvalue weighted by Gasteiger charge is -2.29. The van der Waals surface area contributed by atoms with Gasteiger partial charge in [-0.15, -0.1) is 0 Å². The summed E-state index contributed by atoms with van der Waals surface area (Å²) >= 11 is 3.46. The fraction of sp³-hybridized carbons (Fsp3) is 0.448. The molecule has 0 aromatic heterocycles. The number of allylic oxidation sites excluding steroid dienone is 1. The Balaban J connectivity index is 1.51. The van der Waals surface area contributed by atoms with E-state index in [1.165, 1.54) is 0 Å². The molecule has 0 unspecified atom stereocenters. The van der Waals surface area contributed by atoms with E-state index in [-0.39, 0.29) is 24.0 Å². The Morgan fingerprint density at radius 2 is 1.97 bits per heavy atom. The third kappa shape index (κ3) is 7.90. The molecule has 0 radical (unpaired) electrons. The highest BCUT2D eigenvalue weighted by Gasteiger charge is 2.39. The minimum atomic E-state index is -0.596. The molecule has 2 aliphatic rings. The topological polar surface area (TPSA) is 77.1 Å². The molecule has 3 atom stereocenters. The van der Waals surface area contributed by atoms with Crippen molar-refractivity contribution < 1.29 is 23.8 Å². The number of nitrogens with zero attached hydrogens (tertiary/aromatic N) is 1. The largest absolute Gasteiger partial charge is 0.491 e. The minimum Gasteiger partial charge on any atom is -0.491 e. The molecule has 0 saturated carbocycles. The van der Waals surface area contributed by atoms with E-state index in [1.54, 1.807) is 12.1 Å². The summed E-state index contributed by atoms with van der Waals surface area (Å²) in [5, 5.41) is 2.93. The smallest absolute Gasteiger partial charge is 0.252 e. The number of carbonyl (C=O) groups is 2. The van der Waals surface area contributed by atoms with Gasteiger partial charge >= 0.3 is 0 Å². The van der Waals surface area contributed by atoms with Gasteiger partial charge in [-0.05, 0) is 69.0 Å². The van der Waals surface area contributed by atoms with Gasteiger partial charge in [0.1, 0.15) is 18.5 Å². The second-order valence-corrected chi connectivity index (χ2v) is 10.7. The first-order valence-electron chi connectivity index (χ1n) is 12.8. The Bertz CT molecular complexity index is 1100. The molecule has 2 heterocycles. The summed E-state index contributed by atoms with van der Waals surface area (Å²) < 4.78 is 19.4. The monoisotopic (exact) mass is 570 g/mol. The van der Waals surface area contributed by atoms with E-state index in [9.17, 15) is 9.59 Å². The number of hydrogen-bond acceptors (Lipinski definition) is 5. The maximum absolute atomic E-state index is 13.7. The van der Waals surface area contributed by atoms with Crippen LogP contribution < -0.4 is 10.1 Å². The van der Waals surface area contributed by atoms with E-state index < -0.39 is 6.10 Å². The minimum absolute atomic E-state index is 0.0531. The molecule has 2 aromatic rings. The van der Waals surface area contributed by atoms with Crippen molar-refractivity contribution in [3.8, 4) is 5.75 Å². The number of rotatable bonds is 6. The van der Waals surface area contributed by atoms with E-state index in [4.69, 9.17) is 14.2 Å². The Labute approximate surface area is 227 Å². The van der Waals surface area contributed by atoms with Gasteiger partial charge in [0.2, 0.25) is 0 Å². The van der Waals surface area contributed by atoms with Crippen LogP contribution >= 0.6 is 15.9 Å². The van der Waals surface area contributed by atoms with Crippen molar-refractivity contribution in [1.82, 2.24) is 10.2 Å². The molecule has 2 aromatic carbocycles. The average Bonchev–Trinajstić information content (AvgIpc) is 3.30. The maximum atomic E-state index is 13.7. The summed E-state index contributed by atoms with van der Waals surface area (Å²) in [6.45, 7) is 6.12. The van der Waals surface area contributed by atoms with E-state index in [0.717, 1.165) is 15.6 Å². The zero-order valence-electron chi connectivity index (χ0n) is 21.5. The lowest BCUT2D eigenvalue weighted by molar-refractivity contribution is -0.145. The lowest BCUT2D eigenvalue weighted by Crippen LogP contribution is -2.46. The average molecular weight is 572 g/mol. The predicted molar refractivity (Wildman–Crippen MR) is 146 cm³/mol. The number of benzene rings is 2. The number of hydrogen-bond donors (Lipinski definition) is 1. The summed E-state index contributed by atoms with van der Waals surface area (Å²) in [5.41, 5.74) is 2.77. The zero-order chi connectivity index (χ0) is 26.2. The van der Waals surface area contributed by atoms with Crippen LogP contribution in [0.3, 0.4) is 0 Å². The van der Waals surface area contributed by atoms with Crippen LogP contribution in [0.2, 0.25) is 0 Å². The molecular weight excluding hydrogens is 536 g/mol. The Kier molecular flexibility index (Phi) is 9.77. The molecule has 4 rings (SSSR count). The van der Waals surface area contributed by atoms with Crippen molar-refractivity contribution in [2.24, 2.45) is 0 Å². The summed E-state index contributed by atoms with van der Waals surface area (Å²) in [6, 6.07) is 15.0. The summed E-state index contributed by atoms with van der Waals surface area (Å²) in [5.74, 6) is 0.398. The molecule has 198 valence electrons. The molecule has 1 fully saturated rings. The molecule has 37 heavy (non-hydrogen) atoms.